The number of anilines is 1. The van der Waals surface area contributed by atoms with Gasteiger partial charge in [0.25, 0.3) is 5.56 Å². The van der Waals surface area contributed by atoms with Crippen LogP contribution in [0.25, 0.3) is 10.9 Å². The molecule has 2 heterocycles. The highest BCUT2D eigenvalue weighted by atomic mass is 32.2. The monoisotopic (exact) mass is 441 g/mol. The minimum Gasteiger partial charge on any atom is -0.486 e. The lowest BCUT2D eigenvalue weighted by atomic mass is 10.2. The Morgan fingerprint density at radius 2 is 2.00 bits per heavy atom. The van der Waals surface area contributed by atoms with Gasteiger partial charge < -0.3 is 19.5 Å². The van der Waals surface area contributed by atoms with Crippen molar-refractivity contribution in [3.63, 3.8) is 0 Å². The first-order chi connectivity index (χ1) is 15.1. The number of nitrogens with one attached hydrogen (secondary N) is 1. The fourth-order valence-electron chi connectivity index (χ4n) is 3.38. The predicted molar refractivity (Wildman–Crippen MR) is 119 cm³/mol. The van der Waals surface area contributed by atoms with Gasteiger partial charge >= 0.3 is 0 Å². The van der Waals surface area contributed by atoms with E-state index in [1.54, 1.807) is 42.0 Å². The molecular formula is C22H23N3O5S. The molecule has 1 aromatic heterocycles. The molecule has 0 bridgehead atoms. The SMILES string of the molecule is COC[C@@H](C)n1c(SCC(=O)Nc2ccc3c(c2)OCCO3)nc2ccccc2c1=O. The second kappa shape index (κ2) is 9.40. The maximum Gasteiger partial charge on any atom is 0.262 e. The molecule has 31 heavy (non-hydrogen) atoms. The van der Waals surface area contributed by atoms with Crippen LogP contribution in [-0.4, -0.2) is 48.1 Å². The Labute approximate surface area is 183 Å². The Balaban J connectivity index is 1.53. The summed E-state index contributed by atoms with van der Waals surface area (Å²) in [5, 5.41) is 3.87. The van der Waals surface area contributed by atoms with Crippen molar-refractivity contribution in [2.24, 2.45) is 0 Å². The molecule has 0 spiro atoms. The summed E-state index contributed by atoms with van der Waals surface area (Å²) in [6.07, 6.45) is 0. The molecule has 0 saturated heterocycles. The van der Waals surface area contributed by atoms with Crippen molar-refractivity contribution in [3.8, 4) is 11.5 Å². The fraction of sp³-hybridized carbons (Fsp3) is 0.318. The molecule has 8 nitrogen and oxygen atoms in total. The summed E-state index contributed by atoms with van der Waals surface area (Å²) in [5.74, 6) is 1.15. The van der Waals surface area contributed by atoms with Crippen LogP contribution < -0.4 is 20.3 Å². The van der Waals surface area contributed by atoms with Crippen LogP contribution in [0, 0.1) is 0 Å². The number of fused-ring (bicyclic) bond motifs is 2. The second-order valence-corrected chi connectivity index (χ2v) is 8.03. The number of ether oxygens (including phenoxy) is 3. The van der Waals surface area contributed by atoms with Gasteiger partial charge in [-0.05, 0) is 31.2 Å². The van der Waals surface area contributed by atoms with Gasteiger partial charge in [-0.1, -0.05) is 23.9 Å². The van der Waals surface area contributed by atoms with Gasteiger partial charge in [0, 0.05) is 18.9 Å². The molecule has 0 fully saturated rings. The molecule has 4 rings (SSSR count). The average molecular weight is 442 g/mol. The summed E-state index contributed by atoms with van der Waals surface area (Å²) in [5.41, 5.74) is 1.07. The molecular weight excluding hydrogens is 418 g/mol. The van der Waals surface area contributed by atoms with Crippen LogP contribution in [0.4, 0.5) is 5.69 Å². The van der Waals surface area contributed by atoms with Crippen LogP contribution in [-0.2, 0) is 9.53 Å². The number of nitrogens with zero attached hydrogens (tertiary/aromatic N) is 2. The largest absolute Gasteiger partial charge is 0.486 e. The molecule has 0 radical (unpaired) electrons. The Morgan fingerprint density at radius 3 is 2.81 bits per heavy atom. The Hall–Kier alpha value is -3.04. The smallest absolute Gasteiger partial charge is 0.262 e. The summed E-state index contributed by atoms with van der Waals surface area (Å²) in [6, 6.07) is 12.2. The molecule has 1 N–H and O–H groups in total. The number of amides is 1. The number of carbonyl (C=O) groups is 1. The van der Waals surface area contributed by atoms with Crippen molar-refractivity contribution in [2.75, 3.05) is 38.0 Å². The summed E-state index contributed by atoms with van der Waals surface area (Å²) in [7, 11) is 1.59. The standard InChI is InChI=1S/C22H23N3O5S/c1-14(12-28-2)25-21(27)16-5-3-4-6-17(16)24-22(25)31-13-20(26)23-15-7-8-18-19(11-15)30-10-9-29-18/h3-8,11,14H,9-10,12-13H2,1-2H3,(H,23,26)/t14-/m1/s1. The number of methoxy groups -OCH3 is 1. The topological polar surface area (TPSA) is 91.7 Å². The Kier molecular flexibility index (Phi) is 6.43. The van der Waals surface area contributed by atoms with Crippen molar-refractivity contribution in [1.29, 1.82) is 0 Å². The molecule has 1 atom stereocenters. The van der Waals surface area contributed by atoms with Crippen LogP contribution >= 0.6 is 11.8 Å². The number of carbonyl (C=O) groups excluding carboxylic acids is 1. The number of benzene rings is 2. The lowest BCUT2D eigenvalue weighted by Crippen LogP contribution is -2.29. The molecule has 0 unspecified atom stereocenters. The van der Waals surface area contributed by atoms with Gasteiger partial charge in [-0.2, -0.15) is 0 Å². The zero-order valence-corrected chi connectivity index (χ0v) is 18.1. The first kappa shape index (κ1) is 21.2. The quantitative estimate of drug-likeness (QED) is 0.445. The summed E-state index contributed by atoms with van der Waals surface area (Å²) >= 11 is 1.21. The van der Waals surface area contributed by atoms with E-state index in [1.165, 1.54) is 11.8 Å². The van der Waals surface area contributed by atoms with Gasteiger partial charge in [0.2, 0.25) is 5.91 Å². The highest BCUT2D eigenvalue weighted by Gasteiger charge is 2.18. The molecule has 1 aliphatic heterocycles. The highest BCUT2D eigenvalue weighted by molar-refractivity contribution is 7.99. The van der Waals surface area contributed by atoms with Crippen LogP contribution in [0.15, 0.2) is 52.4 Å². The summed E-state index contributed by atoms with van der Waals surface area (Å²) < 4.78 is 17.9. The maximum atomic E-state index is 13.1. The maximum absolute atomic E-state index is 13.1. The molecule has 9 heteroatoms. The van der Waals surface area contributed by atoms with Crippen LogP contribution in [0.2, 0.25) is 0 Å². The van der Waals surface area contributed by atoms with Crippen molar-refractivity contribution in [3.05, 3.63) is 52.8 Å². The highest BCUT2D eigenvalue weighted by Crippen LogP contribution is 2.32. The third-order valence-corrected chi connectivity index (χ3v) is 5.74. The first-order valence-electron chi connectivity index (χ1n) is 9.89. The number of para-hydroxylation sites is 1. The molecule has 0 saturated carbocycles. The zero-order valence-electron chi connectivity index (χ0n) is 17.3. The van der Waals surface area contributed by atoms with E-state index in [1.807, 2.05) is 19.1 Å². The van der Waals surface area contributed by atoms with Gasteiger partial charge in [-0.25, -0.2) is 4.98 Å². The van der Waals surface area contributed by atoms with Crippen LogP contribution in [0.5, 0.6) is 11.5 Å². The van der Waals surface area contributed by atoms with Crippen molar-refractivity contribution < 1.29 is 19.0 Å². The number of hydrogen-bond acceptors (Lipinski definition) is 7. The van der Waals surface area contributed by atoms with Crippen molar-refractivity contribution in [2.45, 2.75) is 18.1 Å². The van der Waals surface area contributed by atoms with Gasteiger partial charge in [-0.15, -0.1) is 0 Å². The lowest BCUT2D eigenvalue weighted by molar-refractivity contribution is -0.113. The summed E-state index contributed by atoms with van der Waals surface area (Å²) in [6.45, 7) is 3.24. The Morgan fingerprint density at radius 1 is 1.23 bits per heavy atom. The predicted octanol–water partition coefficient (Wildman–Crippen LogP) is 3.11. The lowest BCUT2D eigenvalue weighted by Gasteiger charge is -2.19. The van der Waals surface area contributed by atoms with Crippen molar-refractivity contribution in [1.82, 2.24) is 9.55 Å². The molecule has 2 aromatic carbocycles. The number of hydrogen-bond donors (Lipinski definition) is 1. The first-order valence-corrected chi connectivity index (χ1v) is 10.9. The van der Waals surface area contributed by atoms with Crippen molar-refractivity contribution >= 4 is 34.3 Å². The third kappa shape index (κ3) is 4.67. The molecule has 1 amide bonds. The van der Waals surface area contributed by atoms with Gasteiger partial charge in [0.05, 0.1) is 29.3 Å². The van der Waals surface area contributed by atoms with E-state index < -0.39 is 0 Å². The van der Waals surface area contributed by atoms with Gasteiger partial charge in [-0.3, -0.25) is 14.2 Å². The molecule has 3 aromatic rings. The molecule has 1 aliphatic rings. The molecule has 0 aliphatic carbocycles. The fourth-order valence-corrected chi connectivity index (χ4v) is 4.28. The van der Waals surface area contributed by atoms with E-state index in [0.717, 1.165) is 0 Å². The van der Waals surface area contributed by atoms with E-state index in [-0.39, 0.29) is 23.3 Å². The van der Waals surface area contributed by atoms with Crippen LogP contribution in [0.1, 0.15) is 13.0 Å². The van der Waals surface area contributed by atoms with Gasteiger partial charge in [0.1, 0.15) is 13.2 Å². The number of thioether (sulfide) groups is 1. The van der Waals surface area contributed by atoms with E-state index in [2.05, 4.69) is 10.3 Å². The normalized spacial score (nSPS) is 13.7. The minimum atomic E-state index is -0.224. The summed E-state index contributed by atoms with van der Waals surface area (Å²) in [4.78, 5) is 30.3. The minimum absolute atomic E-state index is 0.0962. The van der Waals surface area contributed by atoms with Crippen LogP contribution in [0.3, 0.4) is 0 Å². The molecule has 162 valence electrons. The zero-order chi connectivity index (χ0) is 21.8. The Bertz CT molecular complexity index is 1160. The van der Waals surface area contributed by atoms with E-state index in [9.17, 15) is 9.59 Å². The number of rotatable bonds is 7. The second-order valence-electron chi connectivity index (χ2n) is 7.09. The third-order valence-electron chi connectivity index (χ3n) is 4.78. The van der Waals surface area contributed by atoms with E-state index in [4.69, 9.17) is 14.2 Å². The van der Waals surface area contributed by atoms with E-state index in [0.29, 0.717) is 53.1 Å². The number of aromatic nitrogens is 2. The van der Waals surface area contributed by atoms with E-state index >= 15 is 0 Å². The van der Waals surface area contributed by atoms with Gasteiger partial charge in [0.15, 0.2) is 16.7 Å². The average Bonchev–Trinajstić information content (AvgIpc) is 2.78.